The molecule has 0 amide bonds. The van der Waals surface area contributed by atoms with Gasteiger partial charge in [0.15, 0.2) is 5.12 Å². The first-order valence-electron chi connectivity index (χ1n) is 3.85. The summed E-state index contributed by atoms with van der Waals surface area (Å²) in [6, 6.07) is 0. The second-order valence-electron chi connectivity index (χ2n) is 3.60. The number of carbonyl (C=O) groups excluding carboxylic acids is 1. The minimum absolute atomic E-state index is 0.00759. The number of rotatable bonds is 5. The van der Waals surface area contributed by atoms with Crippen molar-refractivity contribution in [2.24, 2.45) is 5.41 Å². The summed E-state index contributed by atoms with van der Waals surface area (Å²) in [5.41, 5.74) is -0.404. The Hall–Kier alpha value is 0.220. The fraction of sp³-hybridized carbons (Fsp3) is 0.857. The number of hydrogen-bond donors (Lipinski definition) is 0. The van der Waals surface area contributed by atoms with E-state index in [2.05, 4.69) is 4.18 Å². The van der Waals surface area contributed by atoms with E-state index in [4.69, 9.17) is 10.7 Å². The number of thioether (sulfide) groups is 1. The summed E-state index contributed by atoms with van der Waals surface area (Å²) < 4.78 is 25.4. The molecule has 0 unspecified atom stereocenters. The van der Waals surface area contributed by atoms with Gasteiger partial charge in [-0.1, -0.05) is 25.6 Å². The molecule has 84 valence electrons. The van der Waals surface area contributed by atoms with Crippen molar-refractivity contribution in [3.63, 3.8) is 0 Å². The van der Waals surface area contributed by atoms with Gasteiger partial charge in [-0.3, -0.25) is 8.98 Å². The highest BCUT2D eigenvalue weighted by Gasteiger charge is 2.22. The van der Waals surface area contributed by atoms with Gasteiger partial charge in [-0.05, 0) is 5.41 Å². The molecule has 0 saturated carbocycles. The van der Waals surface area contributed by atoms with Crippen molar-refractivity contribution >= 4 is 36.9 Å². The smallest absolute Gasteiger partial charge is 0.288 e. The van der Waals surface area contributed by atoms with E-state index in [9.17, 15) is 13.2 Å². The predicted molar refractivity (Wildman–Crippen MR) is 57.6 cm³/mol. The second-order valence-corrected chi connectivity index (χ2v) is 6.91. The Morgan fingerprint density at radius 3 is 2.36 bits per heavy atom. The molecule has 0 aliphatic rings. The molecule has 0 N–H and O–H groups in total. The SMILES string of the molecule is CC(=O)SCC(C)(C)COS(=O)(=O)Cl. The Bertz CT molecular complexity index is 297. The summed E-state index contributed by atoms with van der Waals surface area (Å²) >= 11 is 1.13. The maximum Gasteiger partial charge on any atom is 0.355 e. The summed E-state index contributed by atoms with van der Waals surface area (Å²) in [7, 11) is 0.960. The molecule has 0 spiro atoms. The molecule has 4 nitrogen and oxygen atoms in total. The van der Waals surface area contributed by atoms with Crippen LogP contribution in [0.3, 0.4) is 0 Å². The maximum atomic E-state index is 10.7. The van der Waals surface area contributed by atoms with Crippen LogP contribution in [0.25, 0.3) is 0 Å². The van der Waals surface area contributed by atoms with Crippen LogP contribution in [0.15, 0.2) is 0 Å². The Balaban J connectivity index is 4.01. The number of carbonyl (C=O) groups is 1. The zero-order valence-corrected chi connectivity index (χ0v) is 10.6. The van der Waals surface area contributed by atoms with Crippen LogP contribution in [0, 0.1) is 5.41 Å². The first-order valence-corrected chi connectivity index (χ1v) is 7.07. The van der Waals surface area contributed by atoms with Crippen molar-refractivity contribution < 1.29 is 17.4 Å². The van der Waals surface area contributed by atoms with Crippen LogP contribution in [0.5, 0.6) is 0 Å². The molecule has 14 heavy (non-hydrogen) atoms. The molecule has 0 rings (SSSR count). The van der Waals surface area contributed by atoms with Crippen LogP contribution in [0.1, 0.15) is 20.8 Å². The summed E-state index contributed by atoms with van der Waals surface area (Å²) in [6.45, 7) is 5.02. The molecule has 0 aliphatic carbocycles. The van der Waals surface area contributed by atoms with Gasteiger partial charge >= 0.3 is 9.33 Å². The van der Waals surface area contributed by atoms with Crippen molar-refractivity contribution in [3.8, 4) is 0 Å². The van der Waals surface area contributed by atoms with E-state index in [0.29, 0.717) is 5.75 Å². The molecule has 0 bridgehead atoms. The van der Waals surface area contributed by atoms with Crippen LogP contribution in [-0.4, -0.2) is 25.9 Å². The van der Waals surface area contributed by atoms with Crippen LogP contribution in [0.4, 0.5) is 0 Å². The minimum atomic E-state index is -3.92. The zero-order valence-electron chi connectivity index (χ0n) is 8.24. The van der Waals surface area contributed by atoms with Gasteiger partial charge in [0.25, 0.3) is 0 Å². The van der Waals surface area contributed by atoms with E-state index in [0.717, 1.165) is 11.8 Å². The lowest BCUT2D eigenvalue weighted by Crippen LogP contribution is -2.23. The predicted octanol–water partition coefficient (Wildman–Crippen LogP) is 1.79. The van der Waals surface area contributed by atoms with Crippen LogP contribution >= 0.6 is 22.4 Å². The standard InChI is InChI=1S/C7H13ClO4S2/c1-6(9)13-5-7(2,3)4-12-14(8,10)11/h4-5H2,1-3H3. The topological polar surface area (TPSA) is 60.4 Å². The summed E-state index contributed by atoms with van der Waals surface area (Å²) in [4.78, 5) is 10.7. The molecule has 0 heterocycles. The Morgan fingerprint density at radius 2 is 2.00 bits per heavy atom. The van der Waals surface area contributed by atoms with Crippen molar-refractivity contribution in [2.45, 2.75) is 20.8 Å². The summed E-state index contributed by atoms with van der Waals surface area (Å²) in [5.74, 6) is 0.495. The van der Waals surface area contributed by atoms with Gasteiger partial charge in [0.05, 0.1) is 6.61 Å². The van der Waals surface area contributed by atoms with Gasteiger partial charge in [0, 0.05) is 23.4 Å². The average Bonchev–Trinajstić information content (AvgIpc) is 1.97. The first kappa shape index (κ1) is 14.2. The average molecular weight is 261 g/mol. The molecule has 0 aromatic rings. The number of halogens is 1. The second kappa shape index (κ2) is 5.34. The highest BCUT2D eigenvalue weighted by atomic mass is 35.7. The van der Waals surface area contributed by atoms with Gasteiger partial charge in [-0.25, -0.2) is 0 Å². The van der Waals surface area contributed by atoms with Crippen LogP contribution < -0.4 is 0 Å². The molecular formula is C7H13ClO4S2. The molecule has 7 heteroatoms. The normalized spacial score (nSPS) is 12.9. The lowest BCUT2D eigenvalue weighted by molar-refractivity contribution is -0.109. The van der Waals surface area contributed by atoms with Gasteiger partial charge in [0.2, 0.25) is 0 Å². The van der Waals surface area contributed by atoms with Crippen molar-refractivity contribution in [1.29, 1.82) is 0 Å². The molecule has 0 aromatic carbocycles. The summed E-state index contributed by atoms with van der Waals surface area (Å²) in [6.07, 6.45) is 0. The maximum absolute atomic E-state index is 10.7. The molecular weight excluding hydrogens is 248 g/mol. The minimum Gasteiger partial charge on any atom is -0.288 e. The van der Waals surface area contributed by atoms with E-state index >= 15 is 0 Å². The van der Waals surface area contributed by atoms with Crippen molar-refractivity contribution in [1.82, 2.24) is 0 Å². The lowest BCUT2D eigenvalue weighted by atomic mass is 9.98. The molecule has 0 fully saturated rings. The van der Waals surface area contributed by atoms with Crippen molar-refractivity contribution in [2.75, 3.05) is 12.4 Å². The van der Waals surface area contributed by atoms with E-state index in [1.54, 1.807) is 13.8 Å². The molecule has 0 aromatic heterocycles. The zero-order chi connectivity index (χ0) is 11.4. The Kier molecular flexibility index (Phi) is 5.43. The van der Waals surface area contributed by atoms with E-state index in [1.165, 1.54) is 6.92 Å². The third-order valence-corrected chi connectivity index (χ3v) is 3.26. The van der Waals surface area contributed by atoms with E-state index in [-0.39, 0.29) is 11.7 Å². The Morgan fingerprint density at radius 1 is 1.50 bits per heavy atom. The lowest BCUT2D eigenvalue weighted by Gasteiger charge is -2.21. The van der Waals surface area contributed by atoms with Crippen LogP contribution in [0.2, 0.25) is 0 Å². The van der Waals surface area contributed by atoms with Gasteiger partial charge < -0.3 is 0 Å². The molecule has 0 aliphatic heterocycles. The fourth-order valence-corrected chi connectivity index (χ4v) is 1.84. The summed E-state index contributed by atoms with van der Waals surface area (Å²) in [5, 5.41) is -0.00759. The third-order valence-electron chi connectivity index (χ3n) is 1.26. The molecule has 0 saturated heterocycles. The molecule has 0 atom stereocenters. The van der Waals surface area contributed by atoms with Gasteiger partial charge in [0.1, 0.15) is 0 Å². The van der Waals surface area contributed by atoms with E-state index in [1.807, 2.05) is 0 Å². The van der Waals surface area contributed by atoms with Crippen molar-refractivity contribution in [3.05, 3.63) is 0 Å². The number of hydrogen-bond acceptors (Lipinski definition) is 5. The highest BCUT2D eigenvalue weighted by molar-refractivity contribution is 8.13. The highest BCUT2D eigenvalue weighted by Crippen LogP contribution is 2.23. The van der Waals surface area contributed by atoms with Crippen LogP contribution in [-0.2, 0) is 18.3 Å². The fourth-order valence-electron chi connectivity index (χ4n) is 0.569. The third kappa shape index (κ3) is 8.80. The largest absolute Gasteiger partial charge is 0.355 e. The Labute approximate surface area is 93.0 Å². The molecule has 0 radical (unpaired) electrons. The quantitative estimate of drug-likeness (QED) is 0.706. The van der Waals surface area contributed by atoms with Gasteiger partial charge in [-0.15, -0.1) is 0 Å². The van der Waals surface area contributed by atoms with Gasteiger partial charge in [-0.2, -0.15) is 8.42 Å². The monoisotopic (exact) mass is 260 g/mol. The first-order chi connectivity index (χ1) is 6.12. The van der Waals surface area contributed by atoms with E-state index < -0.39 is 14.7 Å².